The number of nitrogens with two attached hydrogens (primary N) is 1. The van der Waals surface area contributed by atoms with E-state index in [0.29, 0.717) is 0 Å². The first-order chi connectivity index (χ1) is 9.79. The summed E-state index contributed by atoms with van der Waals surface area (Å²) >= 11 is 0. The molecule has 0 bridgehead atoms. The Morgan fingerprint density at radius 3 is 2.48 bits per heavy atom. The maximum atomic E-state index is 13.6. The molecule has 7 heteroatoms. The SMILES string of the molecule is Cc1c(C(=O)NC2CCCCC2)cc(F)cc1S(N)(=O)=O. The van der Waals surface area contributed by atoms with Crippen LogP contribution < -0.4 is 10.5 Å². The van der Waals surface area contributed by atoms with E-state index in [1.165, 1.54) is 6.92 Å². The van der Waals surface area contributed by atoms with Gasteiger partial charge >= 0.3 is 0 Å². The number of primary sulfonamides is 1. The second kappa shape index (κ2) is 6.11. The first-order valence-electron chi connectivity index (χ1n) is 6.93. The minimum absolute atomic E-state index is 0.0181. The molecule has 0 aromatic heterocycles. The van der Waals surface area contributed by atoms with E-state index >= 15 is 0 Å². The summed E-state index contributed by atoms with van der Waals surface area (Å²) in [5, 5.41) is 7.89. The fourth-order valence-electron chi connectivity index (χ4n) is 2.70. The quantitative estimate of drug-likeness (QED) is 0.892. The highest BCUT2D eigenvalue weighted by atomic mass is 32.2. The molecule has 1 aromatic rings. The van der Waals surface area contributed by atoms with Gasteiger partial charge in [-0.15, -0.1) is 0 Å². The van der Waals surface area contributed by atoms with Crippen molar-refractivity contribution in [2.45, 2.75) is 50.0 Å². The minimum atomic E-state index is -4.07. The Labute approximate surface area is 123 Å². The number of rotatable bonds is 3. The highest BCUT2D eigenvalue weighted by molar-refractivity contribution is 7.89. The highest BCUT2D eigenvalue weighted by Crippen LogP contribution is 2.22. The maximum absolute atomic E-state index is 13.6. The van der Waals surface area contributed by atoms with Gasteiger partial charge in [0.1, 0.15) is 5.82 Å². The fraction of sp³-hybridized carbons (Fsp3) is 0.500. The third-order valence-electron chi connectivity index (χ3n) is 3.82. The van der Waals surface area contributed by atoms with Crippen molar-refractivity contribution in [3.8, 4) is 0 Å². The van der Waals surface area contributed by atoms with Gasteiger partial charge < -0.3 is 5.32 Å². The van der Waals surface area contributed by atoms with Crippen molar-refractivity contribution in [2.24, 2.45) is 5.14 Å². The molecular formula is C14H19FN2O3S. The predicted molar refractivity (Wildman–Crippen MR) is 76.8 cm³/mol. The Hall–Kier alpha value is -1.47. The molecule has 1 saturated carbocycles. The monoisotopic (exact) mass is 314 g/mol. The number of carbonyl (C=O) groups is 1. The predicted octanol–water partition coefficient (Wildman–Crippen LogP) is 1.84. The lowest BCUT2D eigenvalue weighted by atomic mass is 9.95. The van der Waals surface area contributed by atoms with Crippen molar-refractivity contribution in [3.63, 3.8) is 0 Å². The van der Waals surface area contributed by atoms with Gasteiger partial charge in [-0.1, -0.05) is 19.3 Å². The number of amides is 1. The zero-order valence-corrected chi connectivity index (χ0v) is 12.7. The lowest BCUT2D eigenvalue weighted by Gasteiger charge is -2.23. The molecule has 0 heterocycles. The topological polar surface area (TPSA) is 89.3 Å². The van der Waals surface area contributed by atoms with Crippen LogP contribution in [-0.4, -0.2) is 20.4 Å². The number of hydrogen-bond acceptors (Lipinski definition) is 3. The van der Waals surface area contributed by atoms with E-state index in [1.807, 2.05) is 0 Å². The zero-order chi connectivity index (χ0) is 15.6. The maximum Gasteiger partial charge on any atom is 0.251 e. The summed E-state index contributed by atoms with van der Waals surface area (Å²) in [7, 11) is -4.07. The van der Waals surface area contributed by atoms with Gasteiger partial charge in [0.05, 0.1) is 4.90 Å². The van der Waals surface area contributed by atoms with E-state index in [0.717, 1.165) is 44.2 Å². The van der Waals surface area contributed by atoms with Crippen molar-refractivity contribution in [1.29, 1.82) is 0 Å². The summed E-state index contributed by atoms with van der Waals surface area (Å²) in [5.41, 5.74) is 0.191. The molecule has 0 atom stereocenters. The Morgan fingerprint density at radius 2 is 1.90 bits per heavy atom. The van der Waals surface area contributed by atoms with Gasteiger partial charge in [0, 0.05) is 11.6 Å². The normalized spacial score (nSPS) is 16.7. The summed E-state index contributed by atoms with van der Waals surface area (Å²) in [4.78, 5) is 11.9. The van der Waals surface area contributed by atoms with Crippen LogP contribution in [-0.2, 0) is 10.0 Å². The van der Waals surface area contributed by atoms with Crippen LogP contribution in [0.1, 0.15) is 48.0 Å². The van der Waals surface area contributed by atoms with Crippen LogP contribution in [0.4, 0.5) is 4.39 Å². The van der Waals surface area contributed by atoms with Gasteiger partial charge in [0.15, 0.2) is 0 Å². The molecule has 2 rings (SSSR count). The number of hydrogen-bond donors (Lipinski definition) is 2. The molecule has 3 N–H and O–H groups in total. The summed E-state index contributed by atoms with van der Waals surface area (Å²) < 4.78 is 36.5. The van der Waals surface area contributed by atoms with Gasteiger partial charge in [-0.25, -0.2) is 17.9 Å². The molecule has 0 radical (unpaired) electrons. The largest absolute Gasteiger partial charge is 0.349 e. The number of nitrogens with one attached hydrogen (secondary N) is 1. The van der Waals surface area contributed by atoms with Gasteiger partial charge in [-0.05, 0) is 37.5 Å². The number of carbonyl (C=O) groups excluding carboxylic acids is 1. The van der Waals surface area contributed by atoms with Crippen LogP contribution in [0, 0.1) is 12.7 Å². The van der Waals surface area contributed by atoms with E-state index in [4.69, 9.17) is 5.14 Å². The fourth-order valence-corrected chi connectivity index (χ4v) is 3.51. The molecule has 1 aliphatic carbocycles. The number of benzene rings is 1. The molecule has 0 unspecified atom stereocenters. The second-order valence-electron chi connectivity index (χ2n) is 5.43. The standard InChI is InChI=1S/C14H19FN2O3S/c1-9-12(7-10(15)8-13(9)21(16,19)20)14(18)17-11-5-3-2-4-6-11/h7-8,11H,2-6H2,1H3,(H,17,18)(H2,16,19,20). The van der Waals surface area contributed by atoms with Crippen molar-refractivity contribution in [3.05, 3.63) is 29.1 Å². The minimum Gasteiger partial charge on any atom is -0.349 e. The molecule has 21 heavy (non-hydrogen) atoms. The molecule has 0 spiro atoms. The molecule has 116 valence electrons. The van der Waals surface area contributed by atoms with Crippen LogP contribution in [0.25, 0.3) is 0 Å². The second-order valence-corrected chi connectivity index (χ2v) is 6.96. The van der Waals surface area contributed by atoms with Gasteiger partial charge in [0.2, 0.25) is 10.0 Å². The Balaban J connectivity index is 2.30. The summed E-state index contributed by atoms with van der Waals surface area (Å²) in [6.07, 6.45) is 5.04. The molecule has 0 saturated heterocycles. The van der Waals surface area contributed by atoms with Crippen molar-refractivity contribution >= 4 is 15.9 Å². The molecular weight excluding hydrogens is 295 g/mol. The van der Waals surface area contributed by atoms with E-state index in [9.17, 15) is 17.6 Å². The van der Waals surface area contributed by atoms with Gasteiger partial charge in [-0.2, -0.15) is 0 Å². The van der Waals surface area contributed by atoms with Crippen LogP contribution in [0.5, 0.6) is 0 Å². The molecule has 5 nitrogen and oxygen atoms in total. The van der Waals surface area contributed by atoms with Crippen molar-refractivity contribution in [2.75, 3.05) is 0 Å². The average molecular weight is 314 g/mol. The van der Waals surface area contributed by atoms with Gasteiger partial charge in [-0.3, -0.25) is 4.79 Å². The van der Waals surface area contributed by atoms with Crippen LogP contribution in [0.3, 0.4) is 0 Å². The molecule has 1 aliphatic rings. The first kappa shape index (κ1) is 15.9. The third kappa shape index (κ3) is 3.79. The summed E-state index contributed by atoms with van der Waals surface area (Å²) in [5.74, 6) is -1.25. The van der Waals surface area contributed by atoms with Crippen LogP contribution in [0.2, 0.25) is 0 Å². The molecule has 1 aromatic carbocycles. The third-order valence-corrected chi connectivity index (χ3v) is 4.85. The van der Waals surface area contributed by atoms with Gasteiger partial charge in [0.25, 0.3) is 5.91 Å². The number of halogens is 1. The zero-order valence-electron chi connectivity index (χ0n) is 11.9. The van der Waals surface area contributed by atoms with E-state index < -0.39 is 21.7 Å². The van der Waals surface area contributed by atoms with Crippen LogP contribution >= 0.6 is 0 Å². The summed E-state index contributed by atoms with van der Waals surface area (Å²) in [6, 6.07) is 1.94. The molecule has 1 fully saturated rings. The van der Waals surface area contributed by atoms with E-state index in [-0.39, 0.29) is 22.1 Å². The smallest absolute Gasteiger partial charge is 0.251 e. The van der Waals surface area contributed by atoms with E-state index in [2.05, 4.69) is 5.32 Å². The van der Waals surface area contributed by atoms with Crippen LogP contribution in [0.15, 0.2) is 17.0 Å². The van der Waals surface area contributed by atoms with Crippen molar-refractivity contribution < 1.29 is 17.6 Å². The first-order valence-corrected chi connectivity index (χ1v) is 8.47. The van der Waals surface area contributed by atoms with E-state index in [1.54, 1.807) is 0 Å². The van der Waals surface area contributed by atoms with Crippen molar-refractivity contribution in [1.82, 2.24) is 5.32 Å². The molecule has 0 aliphatic heterocycles. The lowest BCUT2D eigenvalue weighted by Crippen LogP contribution is -2.36. The number of sulfonamides is 1. The lowest BCUT2D eigenvalue weighted by molar-refractivity contribution is 0.0926. The average Bonchev–Trinajstić information content (AvgIpc) is 2.40. The Kier molecular flexibility index (Phi) is 4.63. The Bertz CT molecular complexity index is 652. The molecule has 1 amide bonds. The highest BCUT2D eigenvalue weighted by Gasteiger charge is 2.22. The summed E-state index contributed by atoms with van der Waals surface area (Å²) in [6.45, 7) is 1.45. The Morgan fingerprint density at radius 1 is 1.29 bits per heavy atom.